The first-order chi connectivity index (χ1) is 11.6. The number of carbonyl (C=O) groups excluding carboxylic acids is 1. The summed E-state index contributed by atoms with van der Waals surface area (Å²) in [5.41, 5.74) is 3.33. The Labute approximate surface area is 151 Å². The Hall–Kier alpha value is -1.97. The van der Waals surface area contributed by atoms with E-state index < -0.39 is 0 Å². The number of aromatic nitrogens is 1. The summed E-state index contributed by atoms with van der Waals surface area (Å²) in [6.45, 7) is 0.610. The fraction of sp³-hybridized carbons (Fsp3) is 0.211. The predicted molar refractivity (Wildman–Crippen MR) is 99.8 cm³/mol. The average molecular weight is 361 g/mol. The summed E-state index contributed by atoms with van der Waals surface area (Å²) in [6, 6.07) is 13.4. The van der Waals surface area contributed by atoms with Crippen LogP contribution in [-0.4, -0.2) is 17.4 Å². The Kier molecular flexibility index (Phi) is 5.44. The Bertz CT molecular complexity index is 840. The van der Waals surface area contributed by atoms with Crippen molar-refractivity contribution in [2.75, 3.05) is 6.54 Å². The number of hydrogen-bond acceptors (Lipinski definition) is 1. The minimum absolute atomic E-state index is 0.0582. The van der Waals surface area contributed by atoms with Crippen molar-refractivity contribution < 1.29 is 4.79 Å². The molecular weight excluding hydrogens is 343 g/mol. The molecule has 3 nitrogen and oxygen atoms in total. The summed E-state index contributed by atoms with van der Waals surface area (Å²) < 4.78 is 0. The molecule has 1 aromatic heterocycles. The van der Waals surface area contributed by atoms with Crippen LogP contribution in [0, 0.1) is 0 Å². The minimum atomic E-state index is 0.0582. The zero-order chi connectivity index (χ0) is 16.9. The second-order valence-corrected chi connectivity index (χ2v) is 6.60. The largest absolute Gasteiger partial charge is 0.361 e. The van der Waals surface area contributed by atoms with Gasteiger partial charge in [-0.3, -0.25) is 4.79 Å². The van der Waals surface area contributed by atoms with E-state index in [1.165, 1.54) is 0 Å². The van der Waals surface area contributed by atoms with E-state index in [1.54, 1.807) is 0 Å². The number of nitrogens with one attached hydrogen (secondary N) is 2. The number of benzene rings is 2. The zero-order valence-corrected chi connectivity index (χ0v) is 14.6. The van der Waals surface area contributed by atoms with E-state index in [9.17, 15) is 4.79 Å². The van der Waals surface area contributed by atoms with Crippen LogP contribution in [0.5, 0.6) is 0 Å². The summed E-state index contributed by atoms with van der Waals surface area (Å²) in [5, 5.41) is 5.51. The lowest BCUT2D eigenvalue weighted by Crippen LogP contribution is -2.25. The molecular formula is C19H18Cl2N2O. The van der Waals surface area contributed by atoms with Crippen molar-refractivity contribution in [3.63, 3.8) is 0 Å². The van der Waals surface area contributed by atoms with Gasteiger partial charge in [0.15, 0.2) is 0 Å². The highest BCUT2D eigenvalue weighted by Gasteiger charge is 2.06. The van der Waals surface area contributed by atoms with Crippen LogP contribution in [0.15, 0.2) is 48.7 Å². The molecule has 24 heavy (non-hydrogen) atoms. The number of aryl methyl sites for hydroxylation is 1. The third kappa shape index (κ3) is 4.31. The first kappa shape index (κ1) is 16.9. The highest BCUT2D eigenvalue weighted by Crippen LogP contribution is 2.22. The topological polar surface area (TPSA) is 44.9 Å². The number of hydrogen-bond donors (Lipinski definition) is 2. The molecule has 0 unspecified atom stereocenters. The van der Waals surface area contributed by atoms with E-state index in [1.807, 2.05) is 48.7 Å². The van der Waals surface area contributed by atoms with Crippen molar-refractivity contribution in [2.24, 2.45) is 0 Å². The first-order valence-electron chi connectivity index (χ1n) is 7.88. The van der Waals surface area contributed by atoms with Gasteiger partial charge in [0.2, 0.25) is 5.91 Å². The van der Waals surface area contributed by atoms with Gasteiger partial charge in [0.05, 0.1) is 0 Å². The molecule has 0 saturated carbocycles. The van der Waals surface area contributed by atoms with Gasteiger partial charge < -0.3 is 10.3 Å². The van der Waals surface area contributed by atoms with Crippen LogP contribution < -0.4 is 5.32 Å². The van der Waals surface area contributed by atoms with Crippen LogP contribution in [0.1, 0.15) is 17.5 Å². The van der Waals surface area contributed by atoms with Crippen molar-refractivity contribution >= 4 is 40.0 Å². The van der Waals surface area contributed by atoms with Crippen molar-refractivity contribution in [1.29, 1.82) is 0 Å². The van der Waals surface area contributed by atoms with Gasteiger partial charge in [0, 0.05) is 40.1 Å². The number of fused-ring (bicyclic) bond motifs is 1. The molecule has 0 aliphatic carbocycles. The number of rotatable bonds is 6. The predicted octanol–water partition coefficient (Wildman–Crippen LogP) is 4.77. The number of H-pyrrole nitrogens is 1. The number of halogens is 2. The molecule has 0 atom stereocenters. The van der Waals surface area contributed by atoms with E-state index in [0.717, 1.165) is 33.5 Å². The van der Waals surface area contributed by atoms with Gasteiger partial charge in [0.1, 0.15) is 0 Å². The van der Waals surface area contributed by atoms with E-state index in [4.69, 9.17) is 23.2 Å². The fourth-order valence-electron chi connectivity index (χ4n) is 2.69. The van der Waals surface area contributed by atoms with Gasteiger partial charge >= 0.3 is 0 Å². The molecule has 0 saturated heterocycles. The van der Waals surface area contributed by atoms with Crippen molar-refractivity contribution in [1.82, 2.24) is 10.3 Å². The molecule has 0 bridgehead atoms. The van der Waals surface area contributed by atoms with E-state index in [2.05, 4.69) is 10.3 Å². The van der Waals surface area contributed by atoms with Gasteiger partial charge in [0.25, 0.3) is 0 Å². The molecule has 0 aliphatic heterocycles. The molecule has 2 N–H and O–H groups in total. The molecule has 124 valence electrons. The molecule has 2 aromatic carbocycles. The summed E-state index contributed by atoms with van der Waals surface area (Å²) in [5.74, 6) is 0.0582. The van der Waals surface area contributed by atoms with E-state index in [-0.39, 0.29) is 5.91 Å². The van der Waals surface area contributed by atoms with E-state index in [0.29, 0.717) is 24.4 Å². The minimum Gasteiger partial charge on any atom is -0.361 e. The summed E-state index contributed by atoms with van der Waals surface area (Å²) in [7, 11) is 0. The second-order valence-electron chi connectivity index (χ2n) is 5.73. The highest BCUT2D eigenvalue weighted by molar-refractivity contribution is 6.31. The van der Waals surface area contributed by atoms with Gasteiger partial charge in [-0.1, -0.05) is 35.3 Å². The molecule has 3 rings (SSSR count). The van der Waals surface area contributed by atoms with Crippen LogP contribution >= 0.6 is 23.2 Å². The Morgan fingerprint density at radius 3 is 2.54 bits per heavy atom. The van der Waals surface area contributed by atoms with Crippen LogP contribution in [0.25, 0.3) is 10.9 Å². The maximum atomic E-state index is 12.0. The highest BCUT2D eigenvalue weighted by atomic mass is 35.5. The van der Waals surface area contributed by atoms with Gasteiger partial charge in [-0.15, -0.1) is 0 Å². The molecule has 0 spiro atoms. The Morgan fingerprint density at radius 2 is 1.75 bits per heavy atom. The summed E-state index contributed by atoms with van der Waals surface area (Å²) >= 11 is 11.9. The third-order valence-electron chi connectivity index (χ3n) is 4.00. The van der Waals surface area contributed by atoms with Crippen molar-refractivity contribution in [3.05, 3.63) is 69.8 Å². The van der Waals surface area contributed by atoms with Gasteiger partial charge in [-0.25, -0.2) is 0 Å². The maximum Gasteiger partial charge on any atom is 0.220 e. The standard InChI is InChI=1S/C19H18Cl2N2O/c20-15-4-1-13(2-5-15)3-8-19(24)22-10-9-14-12-23-18-7-6-16(21)11-17(14)18/h1-2,4-7,11-12,23H,3,8-10H2,(H,22,24). The van der Waals surface area contributed by atoms with Crippen LogP contribution in [0.2, 0.25) is 10.0 Å². The average Bonchev–Trinajstić information content (AvgIpc) is 2.97. The molecule has 1 heterocycles. The molecule has 1 amide bonds. The van der Waals surface area contributed by atoms with Gasteiger partial charge in [-0.2, -0.15) is 0 Å². The molecule has 5 heteroatoms. The van der Waals surface area contributed by atoms with Crippen molar-refractivity contribution in [2.45, 2.75) is 19.3 Å². The summed E-state index contributed by atoms with van der Waals surface area (Å²) in [6.07, 6.45) is 3.93. The fourth-order valence-corrected chi connectivity index (χ4v) is 2.99. The van der Waals surface area contributed by atoms with Crippen molar-refractivity contribution in [3.8, 4) is 0 Å². The lowest BCUT2D eigenvalue weighted by molar-refractivity contribution is -0.121. The molecule has 0 radical (unpaired) electrons. The Balaban J connectivity index is 1.47. The van der Waals surface area contributed by atoms with Gasteiger partial charge in [-0.05, 0) is 54.3 Å². The smallest absolute Gasteiger partial charge is 0.220 e. The quantitative estimate of drug-likeness (QED) is 0.653. The third-order valence-corrected chi connectivity index (χ3v) is 4.49. The SMILES string of the molecule is O=C(CCc1ccc(Cl)cc1)NCCc1c[nH]c2ccc(Cl)cc12. The number of aromatic amines is 1. The number of carbonyl (C=O) groups is 1. The van der Waals surface area contributed by atoms with Crippen LogP contribution in [-0.2, 0) is 17.6 Å². The molecule has 0 fully saturated rings. The first-order valence-corrected chi connectivity index (χ1v) is 8.64. The van der Waals surface area contributed by atoms with Crippen LogP contribution in [0.3, 0.4) is 0 Å². The lowest BCUT2D eigenvalue weighted by atomic mass is 10.1. The monoisotopic (exact) mass is 360 g/mol. The molecule has 0 aliphatic rings. The maximum absolute atomic E-state index is 12.0. The Morgan fingerprint density at radius 1 is 1.00 bits per heavy atom. The lowest BCUT2D eigenvalue weighted by Gasteiger charge is -2.05. The van der Waals surface area contributed by atoms with E-state index >= 15 is 0 Å². The number of amides is 1. The normalized spacial score (nSPS) is 10.9. The zero-order valence-electron chi connectivity index (χ0n) is 13.1. The summed E-state index contributed by atoms with van der Waals surface area (Å²) in [4.78, 5) is 15.2. The molecule has 3 aromatic rings. The second kappa shape index (κ2) is 7.73. The van der Waals surface area contributed by atoms with Crippen LogP contribution in [0.4, 0.5) is 0 Å².